The van der Waals surface area contributed by atoms with E-state index < -0.39 is 11.9 Å². The maximum absolute atomic E-state index is 14.3. The summed E-state index contributed by atoms with van der Waals surface area (Å²) in [5.41, 5.74) is 1.97. The molecule has 0 aliphatic heterocycles. The third-order valence-corrected chi connectivity index (χ3v) is 8.75. The molecule has 4 nitrogen and oxygen atoms in total. The van der Waals surface area contributed by atoms with Gasteiger partial charge in [-0.05, 0) is 48.2 Å². The minimum Gasteiger partial charge on any atom is -0.352 e. The Morgan fingerprint density at radius 3 is 2.41 bits per heavy atom. The summed E-state index contributed by atoms with van der Waals surface area (Å²) >= 11 is 20.0. The standard InChI is InChI=1S/C30H30Cl3FN2O2S/c31-22-14-13-21(26(33)16-22)17-36(29(37)19-39-18-24-25(32)11-6-12-27(24)34)28(15-20-7-2-1-3-8-20)30(38)35-23-9-4-5-10-23/h1-3,6-8,11-14,16,23,28H,4-5,9-10,15,17-19H2,(H,35,38)/t28-/m0/s1. The fraction of sp³-hybridized carbons (Fsp3) is 0.333. The van der Waals surface area contributed by atoms with Crippen molar-refractivity contribution in [2.75, 3.05) is 5.75 Å². The Bertz CT molecular complexity index is 1270. The van der Waals surface area contributed by atoms with E-state index in [0.717, 1.165) is 31.2 Å². The molecule has 0 unspecified atom stereocenters. The summed E-state index contributed by atoms with van der Waals surface area (Å²) in [6, 6.07) is 18.6. The number of hydrogen-bond donors (Lipinski definition) is 1. The van der Waals surface area contributed by atoms with Gasteiger partial charge in [0.2, 0.25) is 11.8 Å². The van der Waals surface area contributed by atoms with Crippen molar-refractivity contribution < 1.29 is 14.0 Å². The molecule has 1 saturated carbocycles. The molecule has 39 heavy (non-hydrogen) atoms. The largest absolute Gasteiger partial charge is 0.352 e. The minimum absolute atomic E-state index is 0.0396. The Kier molecular flexibility index (Phi) is 11.0. The Morgan fingerprint density at radius 2 is 1.72 bits per heavy atom. The SMILES string of the molecule is O=C(NC1CCCC1)[C@H](Cc1ccccc1)N(Cc1ccc(Cl)cc1Cl)C(=O)CSCc1c(F)cccc1Cl. The molecule has 0 radical (unpaired) electrons. The normalized spacial score (nSPS) is 14.3. The van der Waals surface area contributed by atoms with Crippen LogP contribution in [0.5, 0.6) is 0 Å². The molecule has 0 heterocycles. The van der Waals surface area contributed by atoms with Gasteiger partial charge in [0.1, 0.15) is 11.9 Å². The van der Waals surface area contributed by atoms with Gasteiger partial charge in [-0.2, -0.15) is 0 Å². The van der Waals surface area contributed by atoms with Gasteiger partial charge in [-0.25, -0.2) is 4.39 Å². The van der Waals surface area contributed by atoms with Gasteiger partial charge in [0.15, 0.2) is 0 Å². The Balaban J connectivity index is 1.60. The molecule has 0 saturated heterocycles. The quantitative estimate of drug-likeness (QED) is 0.243. The first kappa shape index (κ1) is 29.7. The zero-order chi connectivity index (χ0) is 27.8. The van der Waals surface area contributed by atoms with Crippen LogP contribution < -0.4 is 5.32 Å². The maximum Gasteiger partial charge on any atom is 0.243 e. The molecule has 2 amide bonds. The maximum atomic E-state index is 14.3. The molecule has 4 rings (SSSR count). The van der Waals surface area contributed by atoms with E-state index in [9.17, 15) is 14.0 Å². The van der Waals surface area contributed by atoms with Crippen molar-refractivity contribution in [2.45, 2.75) is 56.5 Å². The number of nitrogens with zero attached hydrogens (tertiary/aromatic N) is 1. The number of carbonyl (C=O) groups excluding carboxylic acids is 2. The van der Waals surface area contributed by atoms with E-state index in [0.29, 0.717) is 32.6 Å². The lowest BCUT2D eigenvalue weighted by molar-refractivity contribution is -0.139. The molecule has 1 aliphatic carbocycles. The summed E-state index contributed by atoms with van der Waals surface area (Å²) in [5, 5.41) is 4.40. The highest BCUT2D eigenvalue weighted by Gasteiger charge is 2.32. The summed E-state index contributed by atoms with van der Waals surface area (Å²) in [4.78, 5) is 29.1. The van der Waals surface area contributed by atoms with Crippen LogP contribution in [-0.4, -0.2) is 34.6 Å². The number of benzene rings is 3. The van der Waals surface area contributed by atoms with E-state index >= 15 is 0 Å². The van der Waals surface area contributed by atoms with E-state index in [1.807, 2.05) is 30.3 Å². The van der Waals surface area contributed by atoms with Crippen LogP contribution in [0.25, 0.3) is 0 Å². The molecule has 0 bridgehead atoms. The van der Waals surface area contributed by atoms with Crippen molar-refractivity contribution in [1.82, 2.24) is 10.2 Å². The second-order valence-electron chi connectivity index (χ2n) is 9.65. The number of thioether (sulfide) groups is 1. The average Bonchev–Trinajstić information content (AvgIpc) is 3.42. The van der Waals surface area contributed by atoms with Crippen LogP contribution in [0.1, 0.15) is 42.4 Å². The predicted octanol–water partition coefficient (Wildman–Crippen LogP) is 7.72. The monoisotopic (exact) mass is 606 g/mol. The van der Waals surface area contributed by atoms with E-state index in [2.05, 4.69) is 5.32 Å². The topological polar surface area (TPSA) is 49.4 Å². The predicted molar refractivity (Wildman–Crippen MR) is 159 cm³/mol. The number of amides is 2. The lowest BCUT2D eigenvalue weighted by atomic mass is 10.0. The molecule has 3 aromatic rings. The molecule has 9 heteroatoms. The molecule has 1 atom stereocenters. The summed E-state index contributed by atoms with van der Waals surface area (Å²) in [6.45, 7) is 0.130. The van der Waals surface area contributed by atoms with E-state index in [-0.39, 0.29) is 35.9 Å². The summed E-state index contributed by atoms with van der Waals surface area (Å²) in [5.74, 6) is -0.583. The van der Waals surface area contributed by atoms with Crippen LogP contribution in [-0.2, 0) is 28.3 Å². The number of halogens is 4. The van der Waals surface area contributed by atoms with Gasteiger partial charge >= 0.3 is 0 Å². The lowest BCUT2D eigenvalue weighted by Crippen LogP contribution is -2.52. The molecular weight excluding hydrogens is 578 g/mol. The van der Waals surface area contributed by atoms with Crippen LogP contribution in [0.3, 0.4) is 0 Å². The van der Waals surface area contributed by atoms with Gasteiger partial charge in [-0.1, -0.05) is 90.1 Å². The fourth-order valence-electron chi connectivity index (χ4n) is 4.75. The molecule has 1 fully saturated rings. The lowest BCUT2D eigenvalue weighted by Gasteiger charge is -2.32. The highest BCUT2D eigenvalue weighted by molar-refractivity contribution is 7.99. The van der Waals surface area contributed by atoms with E-state index in [1.54, 1.807) is 35.2 Å². The van der Waals surface area contributed by atoms with E-state index in [1.165, 1.54) is 17.8 Å². The third kappa shape index (κ3) is 8.37. The zero-order valence-electron chi connectivity index (χ0n) is 21.3. The van der Waals surface area contributed by atoms with Gasteiger partial charge in [0, 0.05) is 45.4 Å². The van der Waals surface area contributed by atoms with Crippen molar-refractivity contribution >= 4 is 58.4 Å². The van der Waals surface area contributed by atoms with Gasteiger partial charge in [0.05, 0.1) is 5.75 Å². The van der Waals surface area contributed by atoms with Gasteiger partial charge < -0.3 is 10.2 Å². The Morgan fingerprint density at radius 1 is 0.974 bits per heavy atom. The van der Waals surface area contributed by atoms with Gasteiger partial charge in [0.25, 0.3) is 0 Å². The molecule has 0 aromatic heterocycles. The van der Waals surface area contributed by atoms with Crippen LogP contribution in [0.15, 0.2) is 66.7 Å². The Labute approximate surface area is 248 Å². The first-order valence-electron chi connectivity index (χ1n) is 12.9. The first-order valence-corrected chi connectivity index (χ1v) is 15.2. The molecular formula is C30H30Cl3FN2O2S. The first-order chi connectivity index (χ1) is 18.8. The van der Waals surface area contributed by atoms with Gasteiger partial charge in [-0.15, -0.1) is 11.8 Å². The minimum atomic E-state index is -0.759. The molecule has 0 spiro atoms. The van der Waals surface area contributed by atoms with Crippen LogP contribution in [0.2, 0.25) is 15.1 Å². The summed E-state index contributed by atoms with van der Waals surface area (Å²) in [6.07, 6.45) is 4.36. The van der Waals surface area contributed by atoms with Crippen LogP contribution in [0, 0.1) is 5.82 Å². The summed E-state index contributed by atoms with van der Waals surface area (Å²) < 4.78 is 14.3. The highest BCUT2D eigenvalue weighted by Crippen LogP contribution is 2.27. The van der Waals surface area contributed by atoms with Crippen molar-refractivity contribution in [3.8, 4) is 0 Å². The fourth-order valence-corrected chi connectivity index (χ4v) is 6.47. The van der Waals surface area contributed by atoms with Crippen molar-refractivity contribution in [3.05, 3.63) is 104 Å². The second kappa shape index (κ2) is 14.4. The molecule has 206 valence electrons. The van der Waals surface area contributed by atoms with Crippen molar-refractivity contribution in [2.24, 2.45) is 0 Å². The highest BCUT2D eigenvalue weighted by atomic mass is 35.5. The molecule has 3 aromatic carbocycles. The number of nitrogens with one attached hydrogen (secondary N) is 1. The summed E-state index contributed by atoms with van der Waals surface area (Å²) in [7, 11) is 0. The number of hydrogen-bond acceptors (Lipinski definition) is 3. The van der Waals surface area contributed by atoms with Crippen LogP contribution in [0.4, 0.5) is 4.39 Å². The smallest absolute Gasteiger partial charge is 0.243 e. The Hall–Kier alpha value is -2.25. The van der Waals surface area contributed by atoms with Crippen LogP contribution >= 0.6 is 46.6 Å². The average molecular weight is 608 g/mol. The number of rotatable bonds is 11. The molecule has 1 aliphatic rings. The van der Waals surface area contributed by atoms with Crippen molar-refractivity contribution in [1.29, 1.82) is 0 Å². The zero-order valence-corrected chi connectivity index (χ0v) is 24.4. The second-order valence-corrected chi connectivity index (χ2v) is 11.9. The molecule has 1 N–H and O–H groups in total. The number of carbonyl (C=O) groups is 2. The third-order valence-electron chi connectivity index (χ3n) is 6.86. The van der Waals surface area contributed by atoms with E-state index in [4.69, 9.17) is 34.8 Å². The van der Waals surface area contributed by atoms with Crippen molar-refractivity contribution in [3.63, 3.8) is 0 Å². The van der Waals surface area contributed by atoms with Gasteiger partial charge in [-0.3, -0.25) is 9.59 Å².